The minimum atomic E-state index is -0.0797. The third-order valence-corrected chi connectivity index (χ3v) is 3.98. The van der Waals surface area contributed by atoms with Gasteiger partial charge in [0.15, 0.2) is 0 Å². The van der Waals surface area contributed by atoms with Crippen molar-refractivity contribution in [1.29, 1.82) is 0 Å². The maximum Gasteiger partial charge on any atom is 0.309 e. The zero-order valence-electron chi connectivity index (χ0n) is 16.4. The van der Waals surface area contributed by atoms with Crippen LogP contribution in [0.2, 0.25) is 0 Å². The van der Waals surface area contributed by atoms with Gasteiger partial charge in [-0.25, -0.2) is 0 Å². The van der Waals surface area contributed by atoms with Crippen molar-refractivity contribution in [2.45, 2.75) is 111 Å². The van der Waals surface area contributed by atoms with Crippen LogP contribution in [0.3, 0.4) is 0 Å². The molecular weight excluding hydrogens is 304 g/mol. The molecule has 0 heterocycles. The second-order valence-electron chi connectivity index (χ2n) is 7.14. The van der Waals surface area contributed by atoms with Gasteiger partial charge < -0.3 is 9.47 Å². The molecule has 0 fully saturated rings. The first kappa shape index (κ1) is 22.9. The average Bonchev–Trinajstić information content (AvgIpc) is 2.47. The summed E-state index contributed by atoms with van der Waals surface area (Å²) < 4.78 is 10.4. The van der Waals surface area contributed by atoms with Crippen LogP contribution >= 0.6 is 0 Å². The molecule has 0 bridgehead atoms. The maximum absolute atomic E-state index is 11.9. The first-order chi connectivity index (χ1) is 11.4. The SMILES string of the molecule is CCC(CCCCCCCCCC(=O)OC(C)C)C(=O)OC(C)C. The van der Waals surface area contributed by atoms with Gasteiger partial charge in [-0.05, 0) is 47.0 Å². The highest BCUT2D eigenvalue weighted by atomic mass is 16.5. The summed E-state index contributed by atoms with van der Waals surface area (Å²) in [5, 5.41) is 0. The fraction of sp³-hybridized carbons (Fsp3) is 0.900. The van der Waals surface area contributed by atoms with Gasteiger partial charge in [0.2, 0.25) is 0 Å². The molecule has 0 aliphatic heterocycles. The van der Waals surface area contributed by atoms with E-state index in [1.54, 1.807) is 0 Å². The van der Waals surface area contributed by atoms with Crippen molar-refractivity contribution < 1.29 is 19.1 Å². The van der Waals surface area contributed by atoms with Crippen LogP contribution in [-0.2, 0) is 19.1 Å². The van der Waals surface area contributed by atoms with Crippen molar-refractivity contribution in [1.82, 2.24) is 0 Å². The maximum atomic E-state index is 11.9. The summed E-state index contributed by atoms with van der Waals surface area (Å²) in [6, 6.07) is 0. The van der Waals surface area contributed by atoms with Crippen LogP contribution in [-0.4, -0.2) is 24.1 Å². The van der Waals surface area contributed by atoms with E-state index in [0.29, 0.717) is 6.42 Å². The van der Waals surface area contributed by atoms with Gasteiger partial charge >= 0.3 is 11.9 Å². The predicted molar refractivity (Wildman–Crippen MR) is 97.8 cm³/mol. The summed E-state index contributed by atoms with van der Waals surface area (Å²) >= 11 is 0. The molecule has 4 heteroatoms. The van der Waals surface area contributed by atoms with E-state index >= 15 is 0 Å². The fourth-order valence-electron chi connectivity index (χ4n) is 2.68. The predicted octanol–water partition coefficient (Wildman–Crippen LogP) is 5.43. The van der Waals surface area contributed by atoms with E-state index in [9.17, 15) is 9.59 Å². The lowest BCUT2D eigenvalue weighted by molar-refractivity contribution is -0.153. The first-order valence-electron chi connectivity index (χ1n) is 9.76. The van der Waals surface area contributed by atoms with Crippen LogP contribution in [0.5, 0.6) is 0 Å². The average molecular weight is 343 g/mol. The van der Waals surface area contributed by atoms with Gasteiger partial charge in [0, 0.05) is 6.42 Å². The Morgan fingerprint density at radius 3 is 1.75 bits per heavy atom. The number of carbonyl (C=O) groups is 2. The topological polar surface area (TPSA) is 52.6 Å². The van der Waals surface area contributed by atoms with Crippen molar-refractivity contribution in [3.63, 3.8) is 0 Å². The fourth-order valence-corrected chi connectivity index (χ4v) is 2.68. The molecule has 0 aromatic heterocycles. The van der Waals surface area contributed by atoms with Crippen molar-refractivity contribution in [3.05, 3.63) is 0 Å². The van der Waals surface area contributed by atoms with E-state index in [1.165, 1.54) is 25.7 Å². The molecule has 0 aliphatic rings. The minimum absolute atomic E-state index is 0.0118. The Labute approximate surface area is 148 Å². The molecule has 0 aromatic carbocycles. The van der Waals surface area contributed by atoms with E-state index in [2.05, 4.69) is 6.92 Å². The van der Waals surface area contributed by atoms with Gasteiger partial charge in [-0.1, -0.05) is 45.4 Å². The molecule has 142 valence electrons. The van der Waals surface area contributed by atoms with E-state index in [-0.39, 0.29) is 30.1 Å². The Morgan fingerprint density at radius 1 is 0.750 bits per heavy atom. The zero-order chi connectivity index (χ0) is 18.4. The van der Waals surface area contributed by atoms with Gasteiger partial charge in [-0.2, -0.15) is 0 Å². The van der Waals surface area contributed by atoms with Crippen LogP contribution in [0.4, 0.5) is 0 Å². The van der Waals surface area contributed by atoms with E-state index < -0.39 is 0 Å². The molecule has 4 nitrogen and oxygen atoms in total. The van der Waals surface area contributed by atoms with Crippen molar-refractivity contribution in [2.24, 2.45) is 5.92 Å². The molecule has 0 aromatic rings. The molecule has 1 atom stereocenters. The Kier molecular flexibility index (Phi) is 13.7. The van der Waals surface area contributed by atoms with Crippen molar-refractivity contribution >= 4 is 11.9 Å². The highest BCUT2D eigenvalue weighted by Crippen LogP contribution is 2.17. The van der Waals surface area contributed by atoms with Gasteiger partial charge in [0.05, 0.1) is 18.1 Å². The van der Waals surface area contributed by atoms with Crippen LogP contribution in [0, 0.1) is 5.92 Å². The number of unbranched alkanes of at least 4 members (excludes halogenated alkanes) is 6. The number of ether oxygens (including phenoxy) is 2. The molecule has 1 unspecified atom stereocenters. The van der Waals surface area contributed by atoms with Gasteiger partial charge in [-0.15, -0.1) is 0 Å². The van der Waals surface area contributed by atoms with Crippen molar-refractivity contribution in [3.8, 4) is 0 Å². The lowest BCUT2D eigenvalue weighted by atomic mass is 9.98. The summed E-state index contributed by atoms with van der Waals surface area (Å²) in [5.74, 6) is -0.0657. The van der Waals surface area contributed by atoms with Crippen LogP contribution < -0.4 is 0 Å². The number of rotatable bonds is 14. The Hall–Kier alpha value is -1.06. The van der Waals surface area contributed by atoms with E-state index in [1.807, 2.05) is 27.7 Å². The second-order valence-corrected chi connectivity index (χ2v) is 7.14. The van der Waals surface area contributed by atoms with Crippen molar-refractivity contribution in [2.75, 3.05) is 0 Å². The zero-order valence-corrected chi connectivity index (χ0v) is 16.4. The largest absolute Gasteiger partial charge is 0.463 e. The van der Waals surface area contributed by atoms with Gasteiger partial charge in [0.25, 0.3) is 0 Å². The number of hydrogen-bond donors (Lipinski definition) is 0. The van der Waals surface area contributed by atoms with Crippen LogP contribution in [0.15, 0.2) is 0 Å². The third kappa shape index (κ3) is 13.4. The standard InChI is InChI=1S/C20H38O4/c1-6-18(20(22)24-17(4)5)14-12-10-8-7-9-11-13-15-19(21)23-16(2)3/h16-18H,6-15H2,1-5H3. The molecular formula is C20H38O4. The molecule has 0 rings (SSSR count). The molecule has 24 heavy (non-hydrogen) atoms. The Morgan fingerprint density at radius 2 is 1.25 bits per heavy atom. The first-order valence-corrected chi connectivity index (χ1v) is 9.76. The molecule has 0 aliphatic carbocycles. The molecule has 0 saturated carbocycles. The number of esters is 2. The lowest BCUT2D eigenvalue weighted by Crippen LogP contribution is -2.20. The number of hydrogen-bond acceptors (Lipinski definition) is 4. The third-order valence-electron chi connectivity index (χ3n) is 3.98. The van der Waals surface area contributed by atoms with Gasteiger partial charge in [0.1, 0.15) is 0 Å². The van der Waals surface area contributed by atoms with Gasteiger partial charge in [-0.3, -0.25) is 9.59 Å². The molecule has 0 N–H and O–H groups in total. The summed E-state index contributed by atoms with van der Waals surface area (Å²) in [4.78, 5) is 23.3. The highest BCUT2D eigenvalue weighted by molar-refractivity contribution is 5.72. The lowest BCUT2D eigenvalue weighted by Gasteiger charge is -2.16. The second kappa shape index (κ2) is 14.3. The van der Waals surface area contributed by atoms with E-state index in [0.717, 1.165) is 32.1 Å². The number of carbonyl (C=O) groups excluding carboxylic acids is 2. The normalized spacial score (nSPS) is 12.5. The van der Waals surface area contributed by atoms with Crippen LogP contribution in [0.25, 0.3) is 0 Å². The Bertz CT molecular complexity index is 337. The summed E-state index contributed by atoms with van der Waals surface area (Å²) in [6.45, 7) is 9.60. The van der Waals surface area contributed by atoms with Crippen LogP contribution in [0.1, 0.15) is 98.8 Å². The quantitative estimate of drug-likeness (QED) is 0.312. The molecule has 0 saturated heterocycles. The molecule has 0 spiro atoms. The minimum Gasteiger partial charge on any atom is -0.463 e. The monoisotopic (exact) mass is 342 g/mol. The summed E-state index contributed by atoms with van der Waals surface area (Å²) in [6.07, 6.45) is 10.1. The smallest absolute Gasteiger partial charge is 0.309 e. The summed E-state index contributed by atoms with van der Waals surface area (Å²) in [5.41, 5.74) is 0. The Balaban J connectivity index is 3.53. The van der Waals surface area contributed by atoms with E-state index in [4.69, 9.17) is 9.47 Å². The molecule has 0 radical (unpaired) electrons. The molecule has 0 amide bonds. The summed E-state index contributed by atoms with van der Waals surface area (Å²) in [7, 11) is 0. The highest BCUT2D eigenvalue weighted by Gasteiger charge is 2.18.